The Labute approximate surface area is 186 Å². The van der Waals surface area contributed by atoms with Crippen molar-refractivity contribution in [3.05, 3.63) is 65.2 Å². The van der Waals surface area contributed by atoms with E-state index in [0.29, 0.717) is 11.6 Å². The second-order valence-corrected chi connectivity index (χ2v) is 9.67. The molecular weight excluding hydrogens is 438 g/mol. The minimum atomic E-state index is -3.99. The third-order valence-electron chi connectivity index (χ3n) is 5.50. The number of aryl methyl sites for hydroxylation is 1. The average Bonchev–Trinajstić information content (AvgIpc) is 2.79. The quantitative estimate of drug-likeness (QED) is 0.561. The fourth-order valence-corrected chi connectivity index (χ4v) is 5.07. The van der Waals surface area contributed by atoms with Crippen LogP contribution in [0.2, 0.25) is 0 Å². The molecule has 0 atom stereocenters. The van der Waals surface area contributed by atoms with Crippen molar-refractivity contribution >= 4 is 21.7 Å². The maximum Gasteiger partial charge on any atom is 0.243 e. The lowest BCUT2D eigenvalue weighted by Gasteiger charge is -2.34. The maximum absolute atomic E-state index is 13.4. The standard InChI is InChI=1S/C23H26F2N2O4S/c1-2-3-17-4-6-18(7-5-17)22(28)10-11-23(29)26-12-14-27(15-13-26)32(30,31)19-8-9-20(24)21(25)16-19/h4-9,16H,2-3,10-15H2,1H3. The van der Waals surface area contributed by atoms with E-state index in [1.54, 1.807) is 12.1 Å². The molecule has 1 fully saturated rings. The monoisotopic (exact) mass is 464 g/mol. The van der Waals surface area contributed by atoms with Crippen LogP contribution in [0.4, 0.5) is 8.78 Å². The summed E-state index contributed by atoms with van der Waals surface area (Å²) in [7, 11) is -3.99. The van der Waals surface area contributed by atoms with E-state index < -0.39 is 21.7 Å². The zero-order chi connectivity index (χ0) is 23.3. The predicted molar refractivity (Wildman–Crippen MR) is 116 cm³/mol. The van der Waals surface area contributed by atoms with Crippen LogP contribution in [0.3, 0.4) is 0 Å². The number of hydrogen-bond donors (Lipinski definition) is 0. The third-order valence-corrected chi connectivity index (χ3v) is 7.40. The highest BCUT2D eigenvalue weighted by atomic mass is 32.2. The summed E-state index contributed by atoms with van der Waals surface area (Å²) in [6, 6.07) is 9.85. The summed E-state index contributed by atoms with van der Waals surface area (Å²) in [4.78, 5) is 26.1. The van der Waals surface area contributed by atoms with E-state index in [-0.39, 0.29) is 55.6 Å². The zero-order valence-electron chi connectivity index (χ0n) is 17.9. The number of sulfonamides is 1. The summed E-state index contributed by atoms with van der Waals surface area (Å²) in [6.07, 6.45) is 2.10. The van der Waals surface area contributed by atoms with E-state index in [1.165, 1.54) is 4.90 Å². The summed E-state index contributed by atoms with van der Waals surface area (Å²) in [6.45, 7) is 2.51. The number of benzene rings is 2. The smallest absolute Gasteiger partial charge is 0.243 e. The summed E-state index contributed by atoms with van der Waals surface area (Å²) in [5, 5.41) is 0. The minimum Gasteiger partial charge on any atom is -0.340 e. The number of halogens is 2. The van der Waals surface area contributed by atoms with Gasteiger partial charge in [-0.05, 0) is 30.2 Å². The molecule has 0 spiro atoms. The normalized spacial score (nSPS) is 15.0. The molecule has 172 valence electrons. The Hall–Kier alpha value is -2.65. The van der Waals surface area contributed by atoms with Crippen molar-refractivity contribution in [3.63, 3.8) is 0 Å². The van der Waals surface area contributed by atoms with Crippen molar-refractivity contribution in [2.24, 2.45) is 0 Å². The first kappa shape index (κ1) is 24.0. The number of rotatable bonds is 8. The molecule has 9 heteroatoms. The lowest BCUT2D eigenvalue weighted by molar-refractivity contribution is -0.132. The highest BCUT2D eigenvalue weighted by Gasteiger charge is 2.30. The molecule has 1 amide bonds. The van der Waals surface area contributed by atoms with Crippen molar-refractivity contribution in [3.8, 4) is 0 Å². The van der Waals surface area contributed by atoms with Gasteiger partial charge in [0.25, 0.3) is 0 Å². The molecule has 0 aliphatic carbocycles. The first-order valence-corrected chi connectivity index (χ1v) is 12.0. The zero-order valence-corrected chi connectivity index (χ0v) is 18.7. The lowest BCUT2D eigenvalue weighted by Crippen LogP contribution is -2.50. The second-order valence-electron chi connectivity index (χ2n) is 7.73. The SMILES string of the molecule is CCCc1ccc(C(=O)CCC(=O)N2CCN(S(=O)(=O)c3ccc(F)c(F)c3)CC2)cc1. The molecule has 0 saturated carbocycles. The van der Waals surface area contributed by atoms with E-state index in [0.717, 1.165) is 34.8 Å². The van der Waals surface area contributed by atoms with Gasteiger partial charge in [-0.3, -0.25) is 9.59 Å². The fourth-order valence-electron chi connectivity index (χ4n) is 3.63. The van der Waals surface area contributed by atoms with Crippen molar-refractivity contribution in [2.45, 2.75) is 37.5 Å². The van der Waals surface area contributed by atoms with Crippen LogP contribution in [0.5, 0.6) is 0 Å². The lowest BCUT2D eigenvalue weighted by atomic mass is 10.0. The van der Waals surface area contributed by atoms with Gasteiger partial charge in [-0.2, -0.15) is 4.31 Å². The van der Waals surface area contributed by atoms with E-state index in [9.17, 15) is 26.8 Å². The van der Waals surface area contributed by atoms with Crippen LogP contribution >= 0.6 is 0 Å². The number of Topliss-reactive ketones (excluding diaryl/α,β-unsaturated/α-hetero) is 1. The fraction of sp³-hybridized carbons (Fsp3) is 0.391. The Morgan fingerprint density at radius 2 is 1.56 bits per heavy atom. The Morgan fingerprint density at radius 3 is 2.16 bits per heavy atom. The molecule has 0 bridgehead atoms. The van der Waals surface area contributed by atoms with E-state index in [4.69, 9.17) is 0 Å². The molecule has 2 aromatic rings. The Bertz CT molecular complexity index is 1080. The van der Waals surface area contributed by atoms with E-state index in [2.05, 4.69) is 6.92 Å². The van der Waals surface area contributed by atoms with E-state index in [1.807, 2.05) is 12.1 Å². The number of carbonyl (C=O) groups excluding carboxylic acids is 2. The van der Waals surface area contributed by atoms with Crippen molar-refractivity contribution in [2.75, 3.05) is 26.2 Å². The summed E-state index contributed by atoms with van der Waals surface area (Å²) in [5.41, 5.74) is 1.73. The third kappa shape index (κ3) is 5.58. The summed E-state index contributed by atoms with van der Waals surface area (Å²) < 4.78 is 53.0. The van der Waals surface area contributed by atoms with Gasteiger partial charge in [-0.15, -0.1) is 0 Å². The van der Waals surface area contributed by atoms with Crippen LogP contribution in [0.15, 0.2) is 47.4 Å². The van der Waals surface area contributed by atoms with Crippen LogP contribution in [-0.2, 0) is 21.2 Å². The first-order chi connectivity index (χ1) is 15.2. The van der Waals surface area contributed by atoms with Gasteiger partial charge in [-0.25, -0.2) is 17.2 Å². The number of piperazine rings is 1. The minimum absolute atomic E-state index is 0.0416. The highest BCUT2D eigenvalue weighted by Crippen LogP contribution is 2.20. The van der Waals surface area contributed by atoms with Crippen molar-refractivity contribution in [1.29, 1.82) is 0 Å². The van der Waals surface area contributed by atoms with Crippen LogP contribution in [0.1, 0.15) is 42.1 Å². The van der Waals surface area contributed by atoms with Crippen LogP contribution < -0.4 is 0 Å². The molecule has 32 heavy (non-hydrogen) atoms. The summed E-state index contributed by atoms with van der Waals surface area (Å²) >= 11 is 0. The summed E-state index contributed by atoms with van der Waals surface area (Å²) in [5.74, 6) is -2.68. The second kappa shape index (κ2) is 10.3. The maximum atomic E-state index is 13.4. The molecule has 0 aromatic heterocycles. The number of hydrogen-bond acceptors (Lipinski definition) is 4. The van der Waals surface area contributed by atoms with Gasteiger partial charge in [-0.1, -0.05) is 37.6 Å². The number of nitrogens with zero attached hydrogens (tertiary/aromatic N) is 2. The number of ketones is 1. The molecule has 1 saturated heterocycles. The van der Waals surface area contributed by atoms with Gasteiger partial charge in [0.2, 0.25) is 15.9 Å². The molecule has 2 aromatic carbocycles. The molecule has 1 heterocycles. The molecule has 6 nitrogen and oxygen atoms in total. The van der Waals surface area contributed by atoms with Gasteiger partial charge < -0.3 is 4.90 Å². The number of amides is 1. The van der Waals surface area contributed by atoms with Crippen LogP contribution in [0.25, 0.3) is 0 Å². The molecule has 1 aliphatic heterocycles. The van der Waals surface area contributed by atoms with Gasteiger partial charge in [0.15, 0.2) is 17.4 Å². The highest BCUT2D eigenvalue weighted by molar-refractivity contribution is 7.89. The van der Waals surface area contributed by atoms with Gasteiger partial charge in [0, 0.05) is 44.6 Å². The topological polar surface area (TPSA) is 74.8 Å². The van der Waals surface area contributed by atoms with Crippen LogP contribution in [-0.4, -0.2) is 55.5 Å². The Morgan fingerprint density at radius 1 is 0.906 bits per heavy atom. The molecule has 0 radical (unpaired) electrons. The first-order valence-electron chi connectivity index (χ1n) is 10.6. The molecule has 0 unspecified atom stereocenters. The predicted octanol–water partition coefficient (Wildman–Crippen LogP) is 3.41. The molecule has 0 N–H and O–H groups in total. The Kier molecular flexibility index (Phi) is 7.73. The molecule has 1 aliphatic rings. The Balaban J connectivity index is 1.51. The molecule has 3 rings (SSSR count). The number of carbonyl (C=O) groups is 2. The van der Waals surface area contributed by atoms with Gasteiger partial charge >= 0.3 is 0 Å². The van der Waals surface area contributed by atoms with Gasteiger partial charge in [0.05, 0.1) is 4.90 Å². The van der Waals surface area contributed by atoms with Crippen molar-refractivity contribution < 1.29 is 26.8 Å². The molecular formula is C23H26F2N2O4S. The van der Waals surface area contributed by atoms with Gasteiger partial charge in [0.1, 0.15) is 0 Å². The van der Waals surface area contributed by atoms with Crippen LogP contribution in [0, 0.1) is 11.6 Å². The largest absolute Gasteiger partial charge is 0.340 e. The van der Waals surface area contributed by atoms with E-state index >= 15 is 0 Å². The van der Waals surface area contributed by atoms with Crippen molar-refractivity contribution in [1.82, 2.24) is 9.21 Å². The average molecular weight is 465 g/mol.